The average Bonchev–Trinajstić information content (AvgIpc) is 3.13. The molecule has 3 heterocycles. The predicted octanol–water partition coefficient (Wildman–Crippen LogP) is -0.0652. The summed E-state index contributed by atoms with van der Waals surface area (Å²) in [5.41, 5.74) is 0. The lowest BCUT2D eigenvalue weighted by molar-refractivity contribution is -0.179. The maximum Gasteiger partial charge on any atom is 0.282 e. The Morgan fingerprint density at radius 3 is 2.56 bits per heavy atom. The van der Waals surface area contributed by atoms with Crippen molar-refractivity contribution in [3.63, 3.8) is 0 Å². The zero-order valence-electron chi connectivity index (χ0n) is 16.0. The van der Waals surface area contributed by atoms with Crippen LogP contribution < -0.4 is 5.32 Å². The molecular formula is C17H31N3O6S. The highest BCUT2D eigenvalue weighted by atomic mass is 32.2. The van der Waals surface area contributed by atoms with Crippen LogP contribution in [0.1, 0.15) is 32.1 Å². The SMILES string of the molecule is COCCCNC(=O)C1CCCN(S(=O)(=O)N2CCC3(CC2)OCCO3)C1. The Morgan fingerprint density at radius 1 is 1.19 bits per heavy atom. The van der Waals surface area contributed by atoms with Gasteiger partial charge in [-0.05, 0) is 19.3 Å². The number of piperidine rings is 2. The molecule has 0 aliphatic carbocycles. The zero-order chi connectivity index (χ0) is 19.3. The van der Waals surface area contributed by atoms with Crippen molar-refractivity contribution in [2.24, 2.45) is 5.92 Å². The summed E-state index contributed by atoms with van der Waals surface area (Å²) in [6.45, 7) is 3.75. The molecule has 10 heteroatoms. The number of hydrogen-bond donors (Lipinski definition) is 1. The Hall–Kier alpha value is -0.780. The lowest BCUT2D eigenvalue weighted by Gasteiger charge is -2.40. The van der Waals surface area contributed by atoms with Crippen molar-refractivity contribution in [1.29, 1.82) is 0 Å². The lowest BCUT2D eigenvalue weighted by atomic mass is 9.99. The van der Waals surface area contributed by atoms with Crippen LogP contribution in [0.4, 0.5) is 0 Å². The van der Waals surface area contributed by atoms with Gasteiger partial charge in [0.1, 0.15) is 0 Å². The fourth-order valence-corrected chi connectivity index (χ4v) is 5.64. The minimum absolute atomic E-state index is 0.0728. The number of nitrogens with zero attached hydrogens (tertiary/aromatic N) is 2. The Kier molecular flexibility index (Phi) is 7.09. The second-order valence-corrected chi connectivity index (χ2v) is 9.28. The topological polar surface area (TPSA) is 97.4 Å². The molecule has 156 valence electrons. The van der Waals surface area contributed by atoms with Crippen LogP contribution in [-0.2, 0) is 29.2 Å². The molecular weight excluding hydrogens is 374 g/mol. The van der Waals surface area contributed by atoms with Crippen molar-refractivity contribution < 1.29 is 27.4 Å². The number of nitrogens with one attached hydrogen (secondary N) is 1. The van der Waals surface area contributed by atoms with Crippen LogP contribution in [0.2, 0.25) is 0 Å². The zero-order valence-corrected chi connectivity index (χ0v) is 16.8. The summed E-state index contributed by atoms with van der Waals surface area (Å²) in [5, 5.41) is 2.88. The molecule has 0 saturated carbocycles. The third kappa shape index (κ3) is 4.99. The van der Waals surface area contributed by atoms with E-state index in [2.05, 4.69) is 5.32 Å². The van der Waals surface area contributed by atoms with Gasteiger partial charge in [-0.2, -0.15) is 17.0 Å². The third-order valence-corrected chi connectivity index (χ3v) is 7.53. The molecule has 3 rings (SSSR count). The molecule has 1 N–H and O–H groups in total. The lowest BCUT2D eigenvalue weighted by Crippen LogP contribution is -2.54. The van der Waals surface area contributed by atoms with Crippen molar-refractivity contribution in [1.82, 2.24) is 13.9 Å². The van der Waals surface area contributed by atoms with E-state index in [4.69, 9.17) is 14.2 Å². The summed E-state index contributed by atoms with van der Waals surface area (Å²) in [6, 6.07) is 0. The van der Waals surface area contributed by atoms with E-state index in [0.717, 1.165) is 6.42 Å². The van der Waals surface area contributed by atoms with E-state index in [-0.39, 0.29) is 18.4 Å². The Bertz CT molecular complexity index is 598. The molecule has 0 radical (unpaired) electrons. The Balaban J connectivity index is 1.52. The van der Waals surface area contributed by atoms with Gasteiger partial charge in [-0.25, -0.2) is 0 Å². The van der Waals surface area contributed by atoms with Crippen molar-refractivity contribution in [3.05, 3.63) is 0 Å². The minimum atomic E-state index is -3.57. The van der Waals surface area contributed by atoms with Crippen molar-refractivity contribution in [2.45, 2.75) is 37.9 Å². The predicted molar refractivity (Wildman–Crippen MR) is 98.2 cm³/mol. The Labute approximate surface area is 161 Å². The molecule has 0 bridgehead atoms. The van der Waals surface area contributed by atoms with E-state index in [1.165, 1.54) is 8.61 Å². The molecule has 1 amide bonds. The third-order valence-electron chi connectivity index (χ3n) is 5.53. The normalized spacial score (nSPS) is 27.1. The van der Waals surface area contributed by atoms with Gasteiger partial charge in [0.25, 0.3) is 10.2 Å². The molecule has 3 aliphatic heterocycles. The monoisotopic (exact) mass is 405 g/mol. The first-order valence-corrected chi connectivity index (χ1v) is 11.2. The van der Waals surface area contributed by atoms with E-state index in [1.807, 2.05) is 0 Å². The molecule has 3 fully saturated rings. The van der Waals surface area contributed by atoms with Crippen LogP contribution in [0.15, 0.2) is 0 Å². The average molecular weight is 406 g/mol. The van der Waals surface area contributed by atoms with Crippen LogP contribution in [0.5, 0.6) is 0 Å². The molecule has 1 spiro atoms. The van der Waals surface area contributed by atoms with Gasteiger partial charge in [-0.15, -0.1) is 0 Å². The van der Waals surface area contributed by atoms with Gasteiger partial charge in [-0.3, -0.25) is 4.79 Å². The van der Waals surface area contributed by atoms with Crippen LogP contribution in [-0.4, -0.2) is 88.4 Å². The molecule has 0 aromatic rings. The summed E-state index contributed by atoms with van der Waals surface area (Å²) < 4.78 is 45.3. The molecule has 27 heavy (non-hydrogen) atoms. The van der Waals surface area contributed by atoms with Gasteiger partial charge in [0, 0.05) is 59.3 Å². The summed E-state index contributed by atoms with van der Waals surface area (Å²) in [7, 11) is -1.95. The van der Waals surface area contributed by atoms with Gasteiger partial charge >= 0.3 is 0 Å². The number of hydrogen-bond acceptors (Lipinski definition) is 6. The molecule has 9 nitrogen and oxygen atoms in total. The second-order valence-electron chi connectivity index (χ2n) is 7.35. The standard InChI is InChI=1S/C17H31N3O6S/c1-24-11-3-7-18-16(21)15-4-2-8-20(14-15)27(22,23)19-9-5-17(6-10-19)25-12-13-26-17/h15H,2-14H2,1H3,(H,18,21). The van der Waals surface area contributed by atoms with Crippen LogP contribution in [0, 0.1) is 5.92 Å². The molecule has 3 aliphatic rings. The van der Waals surface area contributed by atoms with E-state index >= 15 is 0 Å². The van der Waals surface area contributed by atoms with E-state index in [0.29, 0.717) is 71.7 Å². The number of ether oxygens (including phenoxy) is 3. The summed E-state index contributed by atoms with van der Waals surface area (Å²) >= 11 is 0. The largest absolute Gasteiger partial charge is 0.385 e. The molecule has 0 aromatic heterocycles. The minimum Gasteiger partial charge on any atom is -0.385 e. The van der Waals surface area contributed by atoms with Crippen molar-refractivity contribution >= 4 is 16.1 Å². The smallest absolute Gasteiger partial charge is 0.282 e. The summed E-state index contributed by atoms with van der Waals surface area (Å²) in [6.07, 6.45) is 3.25. The number of carbonyl (C=O) groups excluding carboxylic acids is 1. The first-order valence-electron chi connectivity index (χ1n) is 9.77. The highest BCUT2D eigenvalue weighted by molar-refractivity contribution is 7.86. The van der Waals surface area contributed by atoms with Gasteiger partial charge in [-0.1, -0.05) is 0 Å². The fraction of sp³-hybridized carbons (Fsp3) is 0.941. The molecule has 0 aromatic carbocycles. The Morgan fingerprint density at radius 2 is 1.89 bits per heavy atom. The maximum atomic E-state index is 13.0. The number of rotatable bonds is 7. The van der Waals surface area contributed by atoms with E-state index < -0.39 is 16.0 Å². The van der Waals surface area contributed by atoms with Crippen LogP contribution >= 0.6 is 0 Å². The van der Waals surface area contributed by atoms with Gasteiger partial charge in [0.15, 0.2) is 5.79 Å². The first-order chi connectivity index (χ1) is 13.0. The summed E-state index contributed by atoms with van der Waals surface area (Å²) in [4.78, 5) is 12.4. The quantitative estimate of drug-likeness (QED) is 0.596. The highest BCUT2D eigenvalue weighted by Crippen LogP contribution is 2.33. The van der Waals surface area contributed by atoms with Gasteiger partial charge in [0.2, 0.25) is 5.91 Å². The fourth-order valence-electron chi connectivity index (χ4n) is 3.95. The number of amides is 1. The number of methoxy groups -OCH3 is 1. The van der Waals surface area contributed by atoms with Crippen molar-refractivity contribution in [2.75, 3.05) is 59.7 Å². The first kappa shape index (κ1) is 20.9. The van der Waals surface area contributed by atoms with Crippen molar-refractivity contribution in [3.8, 4) is 0 Å². The molecule has 1 atom stereocenters. The molecule has 1 unspecified atom stereocenters. The van der Waals surface area contributed by atoms with Crippen LogP contribution in [0.25, 0.3) is 0 Å². The molecule has 3 saturated heterocycles. The maximum absolute atomic E-state index is 13.0. The second kappa shape index (κ2) is 9.15. The van der Waals surface area contributed by atoms with Gasteiger partial charge < -0.3 is 19.5 Å². The number of carbonyl (C=O) groups is 1. The van der Waals surface area contributed by atoms with Gasteiger partial charge in [0.05, 0.1) is 19.1 Å². The highest BCUT2D eigenvalue weighted by Gasteiger charge is 2.44. The van der Waals surface area contributed by atoms with Crippen LogP contribution in [0.3, 0.4) is 0 Å². The summed E-state index contributed by atoms with van der Waals surface area (Å²) in [5.74, 6) is -0.969. The van der Waals surface area contributed by atoms with E-state index in [9.17, 15) is 13.2 Å². The van der Waals surface area contributed by atoms with E-state index in [1.54, 1.807) is 7.11 Å².